The SMILES string of the molecule is CCC(C)c1ccc(NC2Cc3ccc(Cl)cc3C2)cc1. The van der Waals surface area contributed by atoms with Crippen LogP contribution in [0.5, 0.6) is 0 Å². The average Bonchev–Trinajstić information content (AvgIpc) is 2.88. The van der Waals surface area contributed by atoms with E-state index in [1.54, 1.807) is 0 Å². The van der Waals surface area contributed by atoms with E-state index >= 15 is 0 Å². The van der Waals surface area contributed by atoms with Crippen LogP contribution in [-0.2, 0) is 12.8 Å². The van der Waals surface area contributed by atoms with E-state index in [-0.39, 0.29) is 0 Å². The van der Waals surface area contributed by atoms with Gasteiger partial charge in [-0.25, -0.2) is 0 Å². The Morgan fingerprint density at radius 3 is 2.52 bits per heavy atom. The van der Waals surface area contributed by atoms with Gasteiger partial charge >= 0.3 is 0 Å². The fraction of sp³-hybridized carbons (Fsp3) is 0.368. The van der Waals surface area contributed by atoms with Crippen molar-refractivity contribution in [1.29, 1.82) is 0 Å². The molecule has 0 aromatic heterocycles. The molecule has 110 valence electrons. The standard InChI is InChI=1S/C19H22ClN/c1-3-13(2)14-5-8-18(9-6-14)21-19-11-15-4-7-17(20)10-16(15)12-19/h4-10,13,19,21H,3,11-12H2,1-2H3. The Bertz CT molecular complexity index is 618. The van der Waals surface area contributed by atoms with E-state index in [2.05, 4.69) is 55.6 Å². The summed E-state index contributed by atoms with van der Waals surface area (Å²) in [4.78, 5) is 0. The smallest absolute Gasteiger partial charge is 0.0408 e. The largest absolute Gasteiger partial charge is 0.382 e. The summed E-state index contributed by atoms with van der Waals surface area (Å²) < 4.78 is 0. The van der Waals surface area contributed by atoms with E-state index in [0.717, 1.165) is 17.9 Å². The minimum Gasteiger partial charge on any atom is -0.382 e. The zero-order valence-corrected chi connectivity index (χ0v) is 13.5. The monoisotopic (exact) mass is 299 g/mol. The molecule has 2 aromatic rings. The van der Waals surface area contributed by atoms with Gasteiger partial charge in [-0.3, -0.25) is 0 Å². The Morgan fingerprint density at radius 2 is 1.81 bits per heavy atom. The first-order valence-corrected chi connectivity index (χ1v) is 8.17. The van der Waals surface area contributed by atoms with Crippen LogP contribution in [0.3, 0.4) is 0 Å². The minimum atomic E-state index is 0.480. The lowest BCUT2D eigenvalue weighted by Crippen LogP contribution is -2.19. The second kappa shape index (κ2) is 6.11. The highest BCUT2D eigenvalue weighted by atomic mass is 35.5. The molecule has 0 spiro atoms. The second-order valence-corrected chi connectivity index (χ2v) is 6.53. The number of hydrogen-bond donors (Lipinski definition) is 1. The van der Waals surface area contributed by atoms with Crippen molar-refractivity contribution in [2.45, 2.75) is 45.1 Å². The lowest BCUT2D eigenvalue weighted by molar-refractivity contribution is 0.733. The molecule has 0 fully saturated rings. The Kier molecular flexibility index (Phi) is 4.21. The van der Waals surface area contributed by atoms with Crippen LogP contribution in [0, 0.1) is 0 Å². The third-order valence-corrected chi connectivity index (χ3v) is 4.80. The van der Waals surface area contributed by atoms with Crippen molar-refractivity contribution in [2.75, 3.05) is 5.32 Å². The highest BCUT2D eigenvalue weighted by molar-refractivity contribution is 6.30. The quantitative estimate of drug-likeness (QED) is 0.793. The van der Waals surface area contributed by atoms with Gasteiger partial charge in [-0.15, -0.1) is 0 Å². The van der Waals surface area contributed by atoms with Crippen molar-refractivity contribution >= 4 is 17.3 Å². The molecule has 3 rings (SSSR count). The van der Waals surface area contributed by atoms with Crippen LogP contribution in [0.1, 0.15) is 42.9 Å². The van der Waals surface area contributed by atoms with Crippen LogP contribution >= 0.6 is 11.6 Å². The normalized spacial score (nSPS) is 18.3. The van der Waals surface area contributed by atoms with E-state index < -0.39 is 0 Å². The molecule has 0 saturated carbocycles. The molecule has 0 heterocycles. The van der Waals surface area contributed by atoms with Crippen LogP contribution in [0.25, 0.3) is 0 Å². The van der Waals surface area contributed by atoms with Gasteiger partial charge in [0.15, 0.2) is 0 Å². The first kappa shape index (κ1) is 14.5. The first-order chi connectivity index (χ1) is 10.2. The predicted molar refractivity (Wildman–Crippen MR) is 91.4 cm³/mol. The molecule has 1 N–H and O–H groups in total. The summed E-state index contributed by atoms with van der Waals surface area (Å²) in [6.07, 6.45) is 3.33. The summed E-state index contributed by atoms with van der Waals surface area (Å²) in [5, 5.41) is 4.49. The Labute approximate surface area is 132 Å². The van der Waals surface area contributed by atoms with Crippen molar-refractivity contribution in [3.05, 3.63) is 64.2 Å². The molecule has 1 aliphatic rings. The summed E-state index contributed by atoms with van der Waals surface area (Å²) in [6, 6.07) is 15.6. The third-order valence-electron chi connectivity index (χ3n) is 4.56. The third kappa shape index (κ3) is 3.24. The lowest BCUT2D eigenvalue weighted by atomic mass is 9.98. The molecule has 2 atom stereocenters. The summed E-state index contributed by atoms with van der Waals surface area (Å²) in [5.74, 6) is 0.636. The first-order valence-electron chi connectivity index (χ1n) is 7.79. The number of hydrogen-bond acceptors (Lipinski definition) is 1. The summed E-state index contributed by atoms with van der Waals surface area (Å²) in [6.45, 7) is 4.51. The lowest BCUT2D eigenvalue weighted by Gasteiger charge is -2.15. The fourth-order valence-electron chi connectivity index (χ4n) is 3.07. The molecule has 1 nitrogen and oxygen atoms in total. The number of halogens is 1. The van der Waals surface area contributed by atoms with Crippen LogP contribution in [0.2, 0.25) is 5.02 Å². The van der Waals surface area contributed by atoms with Crippen LogP contribution < -0.4 is 5.32 Å². The van der Waals surface area contributed by atoms with Gasteiger partial charge < -0.3 is 5.32 Å². The Morgan fingerprint density at radius 1 is 1.10 bits per heavy atom. The van der Waals surface area contributed by atoms with Gasteiger partial charge in [-0.05, 0) is 66.1 Å². The van der Waals surface area contributed by atoms with E-state index in [4.69, 9.17) is 11.6 Å². The fourth-order valence-corrected chi connectivity index (χ4v) is 3.26. The number of nitrogens with one attached hydrogen (secondary N) is 1. The molecule has 0 radical (unpaired) electrons. The van der Waals surface area contributed by atoms with Crippen LogP contribution in [-0.4, -0.2) is 6.04 Å². The molecule has 1 aliphatic carbocycles. The summed E-state index contributed by atoms with van der Waals surface area (Å²) >= 11 is 6.07. The van der Waals surface area contributed by atoms with Crippen LogP contribution in [0.15, 0.2) is 42.5 Å². The number of benzene rings is 2. The highest BCUT2D eigenvalue weighted by Gasteiger charge is 2.21. The number of fused-ring (bicyclic) bond motifs is 1. The maximum atomic E-state index is 6.07. The van der Waals surface area contributed by atoms with Gasteiger partial charge in [0, 0.05) is 16.8 Å². The second-order valence-electron chi connectivity index (χ2n) is 6.09. The summed E-state index contributed by atoms with van der Waals surface area (Å²) in [7, 11) is 0. The van der Waals surface area contributed by atoms with Gasteiger partial charge in [0.25, 0.3) is 0 Å². The maximum Gasteiger partial charge on any atom is 0.0408 e. The predicted octanol–water partition coefficient (Wildman–Crippen LogP) is 5.43. The molecule has 0 amide bonds. The average molecular weight is 300 g/mol. The van der Waals surface area contributed by atoms with Gasteiger partial charge in [-0.2, -0.15) is 0 Å². The molecule has 0 saturated heterocycles. The Balaban J connectivity index is 1.66. The molecular formula is C19H22ClN. The van der Waals surface area contributed by atoms with Crippen molar-refractivity contribution in [1.82, 2.24) is 0 Å². The molecule has 2 unspecified atom stereocenters. The zero-order chi connectivity index (χ0) is 14.8. The van der Waals surface area contributed by atoms with Gasteiger partial charge in [0.2, 0.25) is 0 Å². The van der Waals surface area contributed by atoms with Gasteiger partial charge in [0.1, 0.15) is 0 Å². The summed E-state index contributed by atoms with van der Waals surface area (Å²) in [5.41, 5.74) is 5.44. The molecule has 0 aliphatic heterocycles. The molecule has 21 heavy (non-hydrogen) atoms. The Hall–Kier alpha value is -1.47. The van der Waals surface area contributed by atoms with E-state index in [9.17, 15) is 0 Å². The maximum absolute atomic E-state index is 6.07. The van der Waals surface area contributed by atoms with Crippen molar-refractivity contribution in [2.24, 2.45) is 0 Å². The zero-order valence-electron chi connectivity index (χ0n) is 12.7. The van der Waals surface area contributed by atoms with Crippen molar-refractivity contribution in [3.63, 3.8) is 0 Å². The van der Waals surface area contributed by atoms with Crippen LogP contribution in [0.4, 0.5) is 5.69 Å². The number of rotatable bonds is 4. The minimum absolute atomic E-state index is 0.480. The van der Waals surface area contributed by atoms with Crippen molar-refractivity contribution < 1.29 is 0 Å². The van der Waals surface area contributed by atoms with E-state index in [1.807, 2.05) is 6.07 Å². The van der Waals surface area contributed by atoms with E-state index in [1.165, 1.54) is 28.8 Å². The molecular weight excluding hydrogens is 278 g/mol. The highest BCUT2D eigenvalue weighted by Crippen LogP contribution is 2.28. The van der Waals surface area contributed by atoms with Crippen molar-refractivity contribution in [3.8, 4) is 0 Å². The molecule has 2 heteroatoms. The number of anilines is 1. The molecule has 0 bridgehead atoms. The molecule has 2 aromatic carbocycles. The van der Waals surface area contributed by atoms with E-state index in [0.29, 0.717) is 12.0 Å². The topological polar surface area (TPSA) is 12.0 Å². The van der Waals surface area contributed by atoms with Gasteiger partial charge in [-0.1, -0.05) is 43.6 Å². The van der Waals surface area contributed by atoms with Gasteiger partial charge in [0.05, 0.1) is 0 Å².